The Balaban J connectivity index is 2.90. The van der Waals surface area contributed by atoms with E-state index in [0.717, 1.165) is 22.8 Å². The zero-order valence-electron chi connectivity index (χ0n) is 23.8. The Kier molecular flexibility index (Phi) is 9.85. The smallest absolute Gasteiger partial charge is 0.0703 e. The molecule has 2 aromatic rings. The lowest BCUT2D eigenvalue weighted by Gasteiger charge is -2.23. The van der Waals surface area contributed by atoms with Gasteiger partial charge in [0.05, 0.1) is 22.8 Å². The highest BCUT2D eigenvalue weighted by atomic mass is 14.8. The van der Waals surface area contributed by atoms with Gasteiger partial charge in [0.2, 0.25) is 0 Å². The van der Waals surface area contributed by atoms with Gasteiger partial charge in [0.15, 0.2) is 0 Å². The van der Waals surface area contributed by atoms with Crippen LogP contribution in [0.25, 0.3) is 0 Å². The molecule has 186 valence electrons. The molecular weight excluding hydrogens is 412 g/mol. The van der Waals surface area contributed by atoms with E-state index in [4.69, 9.17) is 9.98 Å². The fourth-order valence-electron chi connectivity index (χ4n) is 4.49. The molecule has 0 fully saturated rings. The third-order valence-corrected chi connectivity index (χ3v) is 6.51. The number of aliphatic imine (C=N–C) groups is 2. The Hall–Kier alpha value is -2.22. The SMILES string of the molecule is CC(C)C(=Nc1c(C(C)C)cccc1C(C)C)C(=Nc1c(C(C)C)cccc1C(C)C)C(C)C. The second-order valence-electron chi connectivity index (χ2n) is 11.5. The third-order valence-electron chi connectivity index (χ3n) is 6.51. The van der Waals surface area contributed by atoms with Crippen molar-refractivity contribution in [3.8, 4) is 0 Å². The molecule has 2 rings (SSSR count). The fourth-order valence-corrected chi connectivity index (χ4v) is 4.49. The first-order chi connectivity index (χ1) is 15.9. The van der Waals surface area contributed by atoms with Crippen LogP contribution >= 0.6 is 0 Å². The third kappa shape index (κ3) is 6.46. The molecule has 0 unspecified atom stereocenters. The number of para-hydroxylation sites is 2. The van der Waals surface area contributed by atoms with Gasteiger partial charge in [-0.3, -0.25) is 9.98 Å². The minimum atomic E-state index is 0.273. The van der Waals surface area contributed by atoms with Crippen molar-refractivity contribution in [2.45, 2.75) is 107 Å². The van der Waals surface area contributed by atoms with Gasteiger partial charge in [-0.05, 0) is 57.8 Å². The van der Waals surface area contributed by atoms with Gasteiger partial charge in [-0.1, -0.05) is 119 Å². The molecule has 0 aliphatic carbocycles. The maximum atomic E-state index is 5.45. The molecule has 2 aromatic carbocycles. The van der Waals surface area contributed by atoms with Crippen LogP contribution < -0.4 is 0 Å². The highest BCUT2D eigenvalue weighted by molar-refractivity contribution is 6.44. The van der Waals surface area contributed by atoms with Crippen molar-refractivity contribution in [1.82, 2.24) is 0 Å². The van der Waals surface area contributed by atoms with Crippen LogP contribution in [0.2, 0.25) is 0 Å². The fraction of sp³-hybridized carbons (Fsp3) is 0.562. The number of hydrogen-bond acceptors (Lipinski definition) is 2. The molecule has 0 spiro atoms. The van der Waals surface area contributed by atoms with Crippen molar-refractivity contribution in [2.75, 3.05) is 0 Å². The molecule has 34 heavy (non-hydrogen) atoms. The molecule has 0 saturated heterocycles. The first-order valence-electron chi connectivity index (χ1n) is 13.3. The van der Waals surface area contributed by atoms with Crippen LogP contribution in [0.5, 0.6) is 0 Å². The summed E-state index contributed by atoms with van der Waals surface area (Å²) in [6.45, 7) is 27.1. The molecule has 0 aliphatic rings. The summed E-state index contributed by atoms with van der Waals surface area (Å²) in [4.78, 5) is 10.9. The molecule has 0 amide bonds. The van der Waals surface area contributed by atoms with Crippen molar-refractivity contribution in [2.24, 2.45) is 21.8 Å². The number of hydrogen-bond donors (Lipinski definition) is 0. The van der Waals surface area contributed by atoms with Crippen LogP contribution in [0.1, 0.15) is 129 Å². The van der Waals surface area contributed by atoms with E-state index in [9.17, 15) is 0 Å². The van der Waals surface area contributed by atoms with Crippen LogP contribution in [0.15, 0.2) is 46.4 Å². The normalized spacial score (nSPS) is 13.5. The van der Waals surface area contributed by atoms with Gasteiger partial charge >= 0.3 is 0 Å². The summed E-state index contributed by atoms with van der Waals surface area (Å²) in [5.41, 5.74) is 9.78. The molecule has 0 radical (unpaired) electrons. The van der Waals surface area contributed by atoms with Crippen LogP contribution in [0.3, 0.4) is 0 Å². The minimum absolute atomic E-state index is 0.273. The molecule has 0 atom stereocenters. The lowest BCUT2D eigenvalue weighted by Crippen LogP contribution is -2.25. The molecule has 0 aromatic heterocycles. The van der Waals surface area contributed by atoms with Crippen LogP contribution in [0.4, 0.5) is 11.4 Å². The van der Waals surface area contributed by atoms with E-state index in [1.807, 2.05) is 0 Å². The lowest BCUT2D eigenvalue weighted by atomic mass is 9.90. The van der Waals surface area contributed by atoms with Gasteiger partial charge in [-0.2, -0.15) is 0 Å². The number of rotatable bonds is 9. The van der Waals surface area contributed by atoms with Crippen molar-refractivity contribution in [3.05, 3.63) is 58.7 Å². The summed E-state index contributed by atoms with van der Waals surface area (Å²) in [6, 6.07) is 13.3. The Morgan fingerprint density at radius 3 is 0.853 bits per heavy atom. The molecule has 0 saturated carbocycles. The zero-order chi connectivity index (χ0) is 25.7. The van der Waals surface area contributed by atoms with E-state index in [2.05, 4.69) is 119 Å². The highest BCUT2D eigenvalue weighted by Crippen LogP contribution is 2.38. The van der Waals surface area contributed by atoms with Crippen molar-refractivity contribution < 1.29 is 0 Å². The first kappa shape index (κ1) is 28.0. The maximum Gasteiger partial charge on any atom is 0.0703 e. The topological polar surface area (TPSA) is 24.7 Å². The summed E-state index contributed by atoms with van der Waals surface area (Å²) < 4.78 is 0. The van der Waals surface area contributed by atoms with Crippen LogP contribution in [-0.4, -0.2) is 11.4 Å². The van der Waals surface area contributed by atoms with Crippen LogP contribution in [0, 0.1) is 11.8 Å². The number of benzene rings is 2. The highest BCUT2D eigenvalue weighted by Gasteiger charge is 2.22. The molecular formula is C32H48N2. The van der Waals surface area contributed by atoms with Gasteiger partial charge < -0.3 is 0 Å². The molecule has 2 nitrogen and oxygen atoms in total. The largest absolute Gasteiger partial charge is 0.251 e. The zero-order valence-corrected chi connectivity index (χ0v) is 23.8. The number of nitrogens with zero attached hydrogens (tertiary/aromatic N) is 2. The summed E-state index contributed by atoms with van der Waals surface area (Å²) in [7, 11) is 0. The molecule has 0 N–H and O–H groups in total. The van der Waals surface area contributed by atoms with E-state index < -0.39 is 0 Å². The van der Waals surface area contributed by atoms with Gasteiger partial charge in [0.25, 0.3) is 0 Å². The minimum Gasteiger partial charge on any atom is -0.251 e. The predicted molar refractivity (Wildman–Crippen MR) is 153 cm³/mol. The first-order valence-corrected chi connectivity index (χ1v) is 13.3. The van der Waals surface area contributed by atoms with E-state index in [0.29, 0.717) is 23.7 Å². The summed E-state index contributed by atoms with van der Waals surface area (Å²) in [6.07, 6.45) is 0. The standard InChI is InChI=1S/C32H48N2/c1-19(2)25-15-13-16-26(20(3)4)31(25)33-29(23(9)10)30(24(11)12)34-32-27(21(5)6)17-14-18-28(32)22(7)8/h13-24H,1-12H3. The van der Waals surface area contributed by atoms with E-state index >= 15 is 0 Å². The van der Waals surface area contributed by atoms with Gasteiger partial charge in [0, 0.05) is 0 Å². The van der Waals surface area contributed by atoms with E-state index in [1.54, 1.807) is 0 Å². The summed E-state index contributed by atoms with van der Waals surface area (Å²) in [5.74, 6) is 2.21. The average molecular weight is 461 g/mol. The Morgan fingerprint density at radius 1 is 0.441 bits per heavy atom. The Morgan fingerprint density at radius 2 is 0.676 bits per heavy atom. The van der Waals surface area contributed by atoms with Crippen molar-refractivity contribution in [3.63, 3.8) is 0 Å². The quantitative estimate of drug-likeness (QED) is 0.332. The molecule has 0 heterocycles. The van der Waals surface area contributed by atoms with Crippen molar-refractivity contribution in [1.29, 1.82) is 0 Å². The maximum absolute atomic E-state index is 5.45. The molecule has 0 bridgehead atoms. The second kappa shape index (κ2) is 12.0. The Labute approximate surface area is 210 Å². The lowest BCUT2D eigenvalue weighted by molar-refractivity contribution is 0.823. The summed E-state index contributed by atoms with van der Waals surface area (Å²) >= 11 is 0. The average Bonchev–Trinajstić information content (AvgIpc) is 2.74. The Bertz CT molecular complexity index is 881. The van der Waals surface area contributed by atoms with Gasteiger partial charge in [-0.25, -0.2) is 0 Å². The van der Waals surface area contributed by atoms with E-state index in [1.165, 1.54) is 22.3 Å². The molecule has 2 heteroatoms. The predicted octanol–water partition coefficient (Wildman–Crippen LogP) is 10.3. The van der Waals surface area contributed by atoms with E-state index in [-0.39, 0.29) is 11.8 Å². The monoisotopic (exact) mass is 460 g/mol. The van der Waals surface area contributed by atoms with Crippen molar-refractivity contribution >= 4 is 22.8 Å². The second-order valence-corrected chi connectivity index (χ2v) is 11.5. The van der Waals surface area contributed by atoms with Gasteiger partial charge in [0.1, 0.15) is 0 Å². The summed E-state index contributed by atoms with van der Waals surface area (Å²) in [5, 5.41) is 0. The molecule has 0 aliphatic heterocycles. The van der Waals surface area contributed by atoms with Gasteiger partial charge in [-0.15, -0.1) is 0 Å². The van der Waals surface area contributed by atoms with Crippen LogP contribution in [-0.2, 0) is 0 Å².